The van der Waals surface area contributed by atoms with Gasteiger partial charge in [-0.25, -0.2) is 8.78 Å². The Morgan fingerprint density at radius 2 is 2.00 bits per heavy atom. The summed E-state index contributed by atoms with van der Waals surface area (Å²) in [6.07, 6.45) is 3.30. The number of hydrogen-bond acceptors (Lipinski definition) is 3. The highest BCUT2D eigenvalue weighted by Crippen LogP contribution is 2.25. The van der Waals surface area contributed by atoms with Gasteiger partial charge >= 0.3 is 0 Å². The monoisotopic (exact) mass is 292 g/mol. The first-order valence-corrected chi connectivity index (χ1v) is 6.82. The van der Waals surface area contributed by atoms with Crippen LogP contribution in [0.2, 0.25) is 0 Å². The van der Waals surface area contributed by atoms with Gasteiger partial charge in [-0.15, -0.1) is 0 Å². The number of ether oxygens (including phenoxy) is 1. The lowest BCUT2D eigenvalue weighted by atomic mass is 10.2. The first kappa shape index (κ1) is 15.4. The zero-order valence-corrected chi connectivity index (χ0v) is 12.1. The van der Waals surface area contributed by atoms with Crippen molar-refractivity contribution in [1.82, 2.24) is 10.3 Å². The van der Waals surface area contributed by atoms with Gasteiger partial charge < -0.3 is 10.1 Å². The molecule has 1 heterocycles. The summed E-state index contributed by atoms with van der Waals surface area (Å²) in [5, 5.41) is 3.29. The maximum Gasteiger partial charge on any atom is 0.162 e. The number of nitrogens with one attached hydrogen (secondary N) is 1. The molecule has 2 aromatic rings. The Hall–Kier alpha value is -2.01. The number of nitrogens with zero attached hydrogens (tertiary/aromatic N) is 1. The van der Waals surface area contributed by atoms with Gasteiger partial charge in [0.2, 0.25) is 0 Å². The fraction of sp³-hybridized carbons (Fsp3) is 0.312. The summed E-state index contributed by atoms with van der Waals surface area (Å²) in [5.41, 5.74) is 0.864. The van der Waals surface area contributed by atoms with E-state index in [-0.39, 0.29) is 5.75 Å². The molecule has 0 saturated heterocycles. The third-order valence-corrected chi connectivity index (χ3v) is 2.85. The molecule has 0 amide bonds. The maximum atomic E-state index is 13.2. The summed E-state index contributed by atoms with van der Waals surface area (Å²) >= 11 is 0. The quantitative estimate of drug-likeness (QED) is 0.877. The SMILES string of the molecule is CC(C)CNCc1cnccc1Oc1ccc(F)c(F)c1. The zero-order chi connectivity index (χ0) is 15.2. The predicted molar refractivity (Wildman–Crippen MR) is 77.2 cm³/mol. The van der Waals surface area contributed by atoms with Crippen LogP contribution in [0.1, 0.15) is 19.4 Å². The van der Waals surface area contributed by atoms with Crippen molar-refractivity contribution in [2.45, 2.75) is 20.4 Å². The number of aromatic nitrogens is 1. The molecular weight excluding hydrogens is 274 g/mol. The van der Waals surface area contributed by atoms with Gasteiger partial charge in [0.15, 0.2) is 11.6 Å². The Balaban J connectivity index is 2.10. The van der Waals surface area contributed by atoms with Gasteiger partial charge in [-0.3, -0.25) is 4.98 Å². The minimum atomic E-state index is -0.930. The van der Waals surface area contributed by atoms with E-state index in [0.717, 1.165) is 24.2 Å². The second-order valence-electron chi connectivity index (χ2n) is 5.19. The zero-order valence-electron chi connectivity index (χ0n) is 12.1. The van der Waals surface area contributed by atoms with Crippen molar-refractivity contribution in [3.63, 3.8) is 0 Å². The Morgan fingerprint density at radius 1 is 1.19 bits per heavy atom. The van der Waals surface area contributed by atoms with Crippen LogP contribution in [0.3, 0.4) is 0 Å². The van der Waals surface area contributed by atoms with E-state index < -0.39 is 11.6 Å². The van der Waals surface area contributed by atoms with E-state index in [2.05, 4.69) is 24.1 Å². The van der Waals surface area contributed by atoms with Crippen molar-refractivity contribution >= 4 is 0 Å². The van der Waals surface area contributed by atoms with Crippen molar-refractivity contribution in [1.29, 1.82) is 0 Å². The first-order valence-electron chi connectivity index (χ1n) is 6.82. The molecule has 0 aliphatic rings. The number of pyridine rings is 1. The molecule has 1 aromatic heterocycles. The van der Waals surface area contributed by atoms with Gasteiger partial charge in [-0.1, -0.05) is 13.8 Å². The lowest BCUT2D eigenvalue weighted by Crippen LogP contribution is -2.19. The molecule has 1 aromatic carbocycles. The van der Waals surface area contributed by atoms with Crippen molar-refractivity contribution < 1.29 is 13.5 Å². The third-order valence-electron chi connectivity index (χ3n) is 2.85. The Labute approximate surface area is 123 Å². The Kier molecular flexibility index (Phi) is 5.22. The van der Waals surface area contributed by atoms with Crippen molar-refractivity contribution in [3.8, 4) is 11.5 Å². The van der Waals surface area contributed by atoms with E-state index in [4.69, 9.17) is 4.74 Å². The van der Waals surface area contributed by atoms with Crippen LogP contribution in [-0.2, 0) is 6.54 Å². The number of halogens is 2. The molecule has 1 N–H and O–H groups in total. The summed E-state index contributed by atoms with van der Waals surface area (Å²) in [6.45, 7) is 5.72. The standard InChI is InChI=1S/C16H18F2N2O/c1-11(2)8-20-10-12-9-19-6-5-16(12)21-13-3-4-14(17)15(18)7-13/h3-7,9,11,20H,8,10H2,1-2H3. The summed E-state index contributed by atoms with van der Waals surface area (Å²) in [4.78, 5) is 4.06. The molecule has 2 rings (SSSR count). The summed E-state index contributed by atoms with van der Waals surface area (Å²) in [5.74, 6) is -0.452. The number of rotatable bonds is 6. The van der Waals surface area contributed by atoms with Crippen molar-refractivity contribution in [2.75, 3.05) is 6.54 Å². The predicted octanol–water partition coefficient (Wildman–Crippen LogP) is 3.90. The summed E-state index contributed by atoms with van der Waals surface area (Å²) < 4.78 is 31.7. The minimum absolute atomic E-state index is 0.255. The molecule has 0 aliphatic carbocycles. The normalized spacial score (nSPS) is 10.9. The van der Waals surface area contributed by atoms with Crippen LogP contribution in [0.5, 0.6) is 11.5 Å². The third kappa shape index (κ3) is 4.49. The molecule has 112 valence electrons. The van der Waals surface area contributed by atoms with Gasteiger partial charge in [-0.05, 0) is 30.7 Å². The first-order chi connectivity index (χ1) is 10.1. The molecule has 0 unspecified atom stereocenters. The topological polar surface area (TPSA) is 34.2 Å². The van der Waals surface area contributed by atoms with Crippen LogP contribution in [0.15, 0.2) is 36.7 Å². The molecule has 0 atom stereocenters. The maximum absolute atomic E-state index is 13.2. The highest BCUT2D eigenvalue weighted by atomic mass is 19.2. The van der Waals surface area contributed by atoms with E-state index in [1.165, 1.54) is 6.07 Å². The van der Waals surface area contributed by atoms with Crippen LogP contribution >= 0.6 is 0 Å². The van der Waals surface area contributed by atoms with Gasteiger partial charge in [0.1, 0.15) is 11.5 Å². The average molecular weight is 292 g/mol. The molecule has 0 radical (unpaired) electrons. The molecule has 3 nitrogen and oxygen atoms in total. The molecule has 21 heavy (non-hydrogen) atoms. The van der Waals surface area contributed by atoms with E-state index in [1.54, 1.807) is 18.5 Å². The summed E-state index contributed by atoms with van der Waals surface area (Å²) in [6, 6.07) is 5.17. The number of benzene rings is 1. The van der Waals surface area contributed by atoms with Crippen LogP contribution in [0.4, 0.5) is 8.78 Å². The second kappa shape index (κ2) is 7.13. The van der Waals surface area contributed by atoms with Crippen molar-refractivity contribution in [2.24, 2.45) is 5.92 Å². The molecule has 0 bridgehead atoms. The van der Waals surface area contributed by atoms with E-state index in [1.807, 2.05) is 0 Å². The summed E-state index contributed by atoms with van der Waals surface area (Å²) in [7, 11) is 0. The van der Waals surface area contributed by atoms with Gasteiger partial charge in [0, 0.05) is 30.6 Å². The molecule has 0 fully saturated rings. The van der Waals surface area contributed by atoms with Gasteiger partial charge in [-0.2, -0.15) is 0 Å². The average Bonchev–Trinajstić information content (AvgIpc) is 2.44. The van der Waals surface area contributed by atoms with Crippen LogP contribution in [0.25, 0.3) is 0 Å². The van der Waals surface area contributed by atoms with Crippen LogP contribution < -0.4 is 10.1 Å². The Morgan fingerprint density at radius 3 is 2.71 bits per heavy atom. The second-order valence-corrected chi connectivity index (χ2v) is 5.19. The molecule has 0 saturated carbocycles. The van der Waals surface area contributed by atoms with Crippen molar-refractivity contribution in [3.05, 3.63) is 53.9 Å². The van der Waals surface area contributed by atoms with Gasteiger partial charge in [0.25, 0.3) is 0 Å². The molecule has 5 heteroatoms. The minimum Gasteiger partial charge on any atom is -0.457 e. The van der Waals surface area contributed by atoms with Gasteiger partial charge in [0.05, 0.1) is 0 Å². The fourth-order valence-corrected chi connectivity index (χ4v) is 1.81. The van der Waals surface area contributed by atoms with E-state index >= 15 is 0 Å². The molecular formula is C16H18F2N2O. The molecule has 0 spiro atoms. The highest BCUT2D eigenvalue weighted by Gasteiger charge is 2.08. The largest absolute Gasteiger partial charge is 0.457 e. The Bertz CT molecular complexity index is 603. The van der Waals surface area contributed by atoms with E-state index in [9.17, 15) is 8.78 Å². The van der Waals surface area contributed by atoms with Crippen LogP contribution in [0, 0.1) is 17.6 Å². The highest BCUT2D eigenvalue weighted by molar-refractivity contribution is 5.36. The van der Waals surface area contributed by atoms with Crippen LogP contribution in [-0.4, -0.2) is 11.5 Å². The smallest absolute Gasteiger partial charge is 0.162 e. The molecule has 0 aliphatic heterocycles. The fourth-order valence-electron chi connectivity index (χ4n) is 1.81. The lowest BCUT2D eigenvalue weighted by molar-refractivity contribution is 0.452. The lowest BCUT2D eigenvalue weighted by Gasteiger charge is -2.12. The number of hydrogen-bond donors (Lipinski definition) is 1. The van der Waals surface area contributed by atoms with E-state index in [0.29, 0.717) is 18.2 Å².